The van der Waals surface area contributed by atoms with E-state index in [-0.39, 0.29) is 11.9 Å². The molecule has 0 radical (unpaired) electrons. The Kier molecular flexibility index (Phi) is 4.56. The van der Waals surface area contributed by atoms with Crippen molar-refractivity contribution in [3.8, 4) is 0 Å². The molecule has 4 nitrogen and oxygen atoms in total. The zero-order valence-corrected chi connectivity index (χ0v) is 12.1. The molecule has 0 amide bonds. The standard InChI is InChI=1S/C17H17FN4/c18-16-9-5-4-8-15(16)10-20-17(11-22-13-19-12-21-22)14-6-2-1-3-7-14/h1-9,12-13,17,20H,10-11H2. The predicted molar refractivity (Wildman–Crippen MR) is 82.4 cm³/mol. The van der Waals surface area contributed by atoms with Crippen molar-refractivity contribution in [2.75, 3.05) is 0 Å². The number of nitrogens with zero attached hydrogens (tertiary/aromatic N) is 3. The van der Waals surface area contributed by atoms with Gasteiger partial charge in [-0.15, -0.1) is 0 Å². The van der Waals surface area contributed by atoms with E-state index in [9.17, 15) is 4.39 Å². The molecule has 1 unspecified atom stereocenters. The maximum Gasteiger partial charge on any atom is 0.137 e. The van der Waals surface area contributed by atoms with Crippen LogP contribution in [0.4, 0.5) is 4.39 Å². The number of hydrogen-bond donors (Lipinski definition) is 1. The van der Waals surface area contributed by atoms with Gasteiger partial charge in [0.1, 0.15) is 18.5 Å². The number of halogens is 1. The number of benzene rings is 2. The molecule has 0 spiro atoms. The van der Waals surface area contributed by atoms with Crippen LogP contribution in [0.5, 0.6) is 0 Å². The Balaban J connectivity index is 1.75. The molecule has 1 heterocycles. The largest absolute Gasteiger partial charge is 0.304 e. The average molecular weight is 296 g/mol. The van der Waals surface area contributed by atoms with Crippen LogP contribution in [0.3, 0.4) is 0 Å². The molecule has 3 rings (SSSR count). The van der Waals surface area contributed by atoms with E-state index < -0.39 is 0 Å². The van der Waals surface area contributed by atoms with Gasteiger partial charge in [-0.05, 0) is 11.6 Å². The molecule has 0 aliphatic carbocycles. The van der Waals surface area contributed by atoms with Gasteiger partial charge in [0.2, 0.25) is 0 Å². The average Bonchev–Trinajstić information content (AvgIpc) is 3.07. The van der Waals surface area contributed by atoms with E-state index in [0.717, 1.165) is 5.56 Å². The van der Waals surface area contributed by atoms with Crippen LogP contribution < -0.4 is 5.32 Å². The molecule has 0 bridgehead atoms. The number of hydrogen-bond acceptors (Lipinski definition) is 3. The molecule has 2 aromatic carbocycles. The molecule has 0 aliphatic rings. The summed E-state index contributed by atoms with van der Waals surface area (Å²) in [7, 11) is 0. The van der Waals surface area contributed by atoms with Gasteiger partial charge in [-0.1, -0.05) is 48.5 Å². The molecular weight excluding hydrogens is 279 g/mol. The van der Waals surface area contributed by atoms with Gasteiger partial charge in [-0.25, -0.2) is 9.37 Å². The van der Waals surface area contributed by atoms with Gasteiger partial charge in [0.25, 0.3) is 0 Å². The first kappa shape index (κ1) is 14.4. The zero-order chi connectivity index (χ0) is 15.2. The quantitative estimate of drug-likeness (QED) is 0.760. The lowest BCUT2D eigenvalue weighted by atomic mass is 10.1. The molecule has 3 aromatic rings. The smallest absolute Gasteiger partial charge is 0.137 e. The Bertz CT molecular complexity index is 698. The summed E-state index contributed by atoms with van der Waals surface area (Å²) in [6.45, 7) is 1.10. The second-order valence-electron chi connectivity index (χ2n) is 5.05. The fourth-order valence-corrected chi connectivity index (χ4v) is 2.36. The topological polar surface area (TPSA) is 42.7 Å². The third-order valence-corrected chi connectivity index (χ3v) is 3.53. The Hall–Kier alpha value is -2.53. The number of rotatable bonds is 6. The van der Waals surface area contributed by atoms with Gasteiger partial charge in [-0.2, -0.15) is 5.10 Å². The van der Waals surface area contributed by atoms with E-state index in [0.29, 0.717) is 18.7 Å². The Morgan fingerprint density at radius 1 is 1.05 bits per heavy atom. The lowest BCUT2D eigenvalue weighted by Crippen LogP contribution is -2.26. The summed E-state index contributed by atoms with van der Waals surface area (Å²) in [5.41, 5.74) is 1.79. The first-order valence-corrected chi connectivity index (χ1v) is 7.17. The first-order valence-electron chi connectivity index (χ1n) is 7.17. The maximum atomic E-state index is 13.8. The lowest BCUT2D eigenvalue weighted by Gasteiger charge is -2.19. The van der Waals surface area contributed by atoms with Gasteiger partial charge >= 0.3 is 0 Å². The predicted octanol–water partition coefficient (Wildman–Crippen LogP) is 2.95. The van der Waals surface area contributed by atoms with Crippen LogP contribution in [0, 0.1) is 5.82 Å². The number of aromatic nitrogens is 3. The van der Waals surface area contributed by atoms with Gasteiger partial charge in [0.05, 0.1) is 12.6 Å². The Labute approximate surface area is 128 Å². The van der Waals surface area contributed by atoms with Gasteiger partial charge < -0.3 is 5.32 Å². The minimum atomic E-state index is -0.192. The summed E-state index contributed by atoms with van der Waals surface area (Å²) in [6, 6.07) is 16.9. The third kappa shape index (κ3) is 3.56. The molecule has 0 saturated heterocycles. The first-order chi connectivity index (χ1) is 10.8. The van der Waals surface area contributed by atoms with Crippen LogP contribution >= 0.6 is 0 Å². The zero-order valence-electron chi connectivity index (χ0n) is 12.1. The van der Waals surface area contributed by atoms with Crippen molar-refractivity contribution < 1.29 is 4.39 Å². The maximum absolute atomic E-state index is 13.8. The van der Waals surface area contributed by atoms with Crippen molar-refractivity contribution in [3.63, 3.8) is 0 Å². The molecule has 0 aliphatic heterocycles. The van der Waals surface area contributed by atoms with Crippen molar-refractivity contribution >= 4 is 0 Å². The molecule has 22 heavy (non-hydrogen) atoms. The van der Waals surface area contributed by atoms with E-state index in [1.165, 1.54) is 12.4 Å². The van der Waals surface area contributed by atoms with Crippen LogP contribution in [0.1, 0.15) is 17.2 Å². The Morgan fingerprint density at radius 3 is 2.55 bits per heavy atom. The fraction of sp³-hybridized carbons (Fsp3) is 0.176. The summed E-state index contributed by atoms with van der Waals surface area (Å²) in [4.78, 5) is 3.97. The highest BCUT2D eigenvalue weighted by molar-refractivity contribution is 5.20. The molecule has 5 heteroatoms. The van der Waals surface area contributed by atoms with E-state index in [1.807, 2.05) is 24.3 Å². The van der Waals surface area contributed by atoms with E-state index in [1.54, 1.807) is 23.1 Å². The second kappa shape index (κ2) is 6.95. The molecule has 0 fully saturated rings. The van der Waals surface area contributed by atoms with Gasteiger partial charge in [0.15, 0.2) is 0 Å². The second-order valence-corrected chi connectivity index (χ2v) is 5.05. The summed E-state index contributed by atoms with van der Waals surface area (Å²) < 4.78 is 15.5. The highest BCUT2D eigenvalue weighted by Gasteiger charge is 2.13. The minimum absolute atomic E-state index is 0.0301. The van der Waals surface area contributed by atoms with Crippen molar-refractivity contribution in [2.45, 2.75) is 19.1 Å². The highest BCUT2D eigenvalue weighted by atomic mass is 19.1. The monoisotopic (exact) mass is 296 g/mol. The molecule has 0 saturated carbocycles. The highest BCUT2D eigenvalue weighted by Crippen LogP contribution is 2.16. The van der Waals surface area contributed by atoms with Crippen LogP contribution in [-0.2, 0) is 13.1 Å². The van der Waals surface area contributed by atoms with Gasteiger partial charge in [-0.3, -0.25) is 4.68 Å². The van der Waals surface area contributed by atoms with Crippen molar-refractivity contribution in [2.24, 2.45) is 0 Å². The molecular formula is C17H17FN4. The van der Waals surface area contributed by atoms with E-state index >= 15 is 0 Å². The molecule has 1 aromatic heterocycles. The Morgan fingerprint density at radius 2 is 1.82 bits per heavy atom. The van der Waals surface area contributed by atoms with Crippen molar-refractivity contribution in [1.29, 1.82) is 0 Å². The molecule has 1 N–H and O–H groups in total. The van der Waals surface area contributed by atoms with Crippen molar-refractivity contribution in [1.82, 2.24) is 20.1 Å². The van der Waals surface area contributed by atoms with Crippen LogP contribution in [-0.4, -0.2) is 14.8 Å². The van der Waals surface area contributed by atoms with Gasteiger partial charge in [0, 0.05) is 12.1 Å². The molecule has 1 atom stereocenters. The SMILES string of the molecule is Fc1ccccc1CNC(Cn1cncn1)c1ccccc1. The molecule has 112 valence electrons. The normalized spacial score (nSPS) is 12.2. The van der Waals surface area contributed by atoms with Crippen LogP contribution in [0.25, 0.3) is 0 Å². The summed E-state index contributed by atoms with van der Waals surface area (Å²) >= 11 is 0. The summed E-state index contributed by atoms with van der Waals surface area (Å²) in [5.74, 6) is -0.192. The van der Waals surface area contributed by atoms with Crippen molar-refractivity contribution in [3.05, 3.63) is 84.2 Å². The summed E-state index contributed by atoms with van der Waals surface area (Å²) in [6.07, 6.45) is 3.19. The minimum Gasteiger partial charge on any atom is -0.304 e. The lowest BCUT2D eigenvalue weighted by molar-refractivity contribution is 0.432. The third-order valence-electron chi connectivity index (χ3n) is 3.53. The fourth-order valence-electron chi connectivity index (χ4n) is 2.36. The van der Waals surface area contributed by atoms with E-state index in [4.69, 9.17) is 0 Å². The summed E-state index contributed by atoms with van der Waals surface area (Å²) in [5, 5.41) is 7.55. The number of nitrogens with one attached hydrogen (secondary N) is 1. The van der Waals surface area contributed by atoms with Crippen LogP contribution in [0.15, 0.2) is 67.3 Å². The van der Waals surface area contributed by atoms with Crippen LogP contribution in [0.2, 0.25) is 0 Å². The van der Waals surface area contributed by atoms with E-state index in [2.05, 4.69) is 27.5 Å².